The normalized spacial score (nSPS) is 11.0. The highest BCUT2D eigenvalue weighted by Crippen LogP contribution is 2.29. The van der Waals surface area contributed by atoms with Crippen molar-refractivity contribution < 1.29 is 18.5 Å². The topological polar surface area (TPSA) is 103 Å². The monoisotopic (exact) mass is 344 g/mol. The fraction of sp³-hybridized carbons (Fsp3) is 0.412. The molecule has 3 aromatic heterocycles. The lowest BCUT2D eigenvalue weighted by atomic mass is 10.1. The Morgan fingerprint density at radius 1 is 1.20 bits per heavy atom. The smallest absolute Gasteiger partial charge is 0.258 e. The second-order valence-electron chi connectivity index (χ2n) is 5.83. The minimum atomic E-state index is -0.226. The summed E-state index contributed by atoms with van der Waals surface area (Å²) in [4.78, 5) is 20.2. The van der Waals surface area contributed by atoms with E-state index in [1.165, 1.54) is 6.33 Å². The molecule has 0 aliphatic carbocycles. The molecule has 0 aliphatic heterocycles. The minimum Gasteiger partial charge on any atom is -0.467 e. The molecule has 132 valence electrons. The van der Waals surface area contributed by atoms with Gasteiger partial charge in [-0.05, 0) is 34.1 Å². The molecular weight excluding hydrogens is 324 g/mol. The average molecular weight is 344 g/mol. The Morgan fingerprint density at radius 3 is 2.72 bits per heavy atom. The van der Waals surface area contributed by atoms with Crippen LogP contribution in [0.1, 0.15) is 28.3 Å². The van der Waals surface area contributed by atoms with Gasteiger partial charge in [-0.3, -0.25) is 4.79 Å². The van der Waals surface area contributed by atoms with Crippen molar-refractivity contribution in [2.45, 2.75) is 34.1 Å². The molecule has 0 radical (unpaired) electrons. The number of rotatable bonds is 6. The van der Waals surface area contributed by atoms with Crippen LogP contribution in [0.5, 0.6) is 5.88 Å². The van der Waals surface area contributed by atoms with Crippen LogP contribution in [-0.2, 0) is 11.2 Å². The van der Waals surface area contributed by atoms with E-state index < -0.39 is 0 Å². The van der Waals surface area contributed by atoms with Crippen molar-refractivity contribution in [3.8, 4) is 5.88 Å². The molecule has 0 aromatic carbocycles. The number of aryl methyl sites for hydroxylation is 4. The van der Waals surface area contributed by atoms with E-state index in [1.54, 1.807) is 0 Å². The number of aromatic nitrogens is 3. The summed E-state index contributed by atoms with van der Waals surface area (Å²) in [5.74, 6) is 1.65. The van der Waals surface area contributed by atoms with Crippen LogP contribution in [0.3, 0.4) is 0 Å². The number of amides is 1. The van der Waals surface area contributed by atoms with Crippen LogP contribution in [-0.4, -0.2) is 34.2 Å². The van der Waals surface area contributed by atoms with Crippen molar-refractivity contribution in [1.29, 1.82) is 0 Å². The first kappa shape index (κ1) is 16.9. The highest BCUT2D eigenvalue weighted by molar-refractivity contribution is 5.84. The number of nitrogens with one attached hydrogen (secondary N) is 1. The number of carbonyl (C=O) groups is 1. The molecular formula is C17H20N4O4. The van der Waals surface area contributed by atoms with Gasteiger partial charge in [-0.15, -0.1) is 0 Å². The summed E-state index contributed by atoms with van der Waals surface area (Å²) in [5, 5.41) is 7.40. The molecule has 0 bridgehead atoms. The molecule has 0 saturated carbocycles. The van der Waals surface area contributed by atoms with E-state index in [-0.39, 0.29) is 12.5 Å². The molecule has 0 saturated heterocycles. The van der Waals surface area contributed by atoms with Crippen LogP contribution in [0.4, 0.5) is 0 Å². The second-order valence-corrected chi connectivity index (χ2v) is 5.83. The zero-order valence-electron chi connectivity index (χ0n) is 14.7. The van der Waals surface area contributed by atoms with Gasteiger partial charge in [0.2, 0.25) is 11.6 Å². The van der Waals surface area contributed by atoms with E-state index in [0.29, 0.717) is 29.9 Å². The number of fused-ring (bicyclic) bond motifs is 1. The highest BCUT2D eigenvalue weighted by Gasteiger charge is 2.16. The van der Waals surface area contributed by atoms with E-state index in [2.05, 4.69) is 20.4 Å². The van der Waals surface area contributed by atoms with Crippen LogP contribution < -0.4 is 10.1 Å². The lowest BCUT2D eigenvalue weighted by Crippen LogP contribution is -2.30. The lowest BCUT2D eigenvalue weighted by molar-refractivity contribution is -0.123. The Hall–Kier alpha value is -2.90. The Morgan fingerprint density at radius 2 is 2.00 bits per heavy atom. The van der Waals surface area contributed by atoms with Crippen LogP contribution in [0.25, 0.3) is 11.1 Å². The Bertz CT molecular complexity index is 893. The molecule has 3 aromatic rings. The highest BCUT2D eigenvalue weighted by atomic mass is 16.5. The van der Waals surface area contributed by atoms with Crippen molar-refractivity contribution in [2.24, 2.45) is 0 Å². The van der Waals surface area contributed by atoms with Gasteiger partial charge in [0, 0.05) is 17.7 Å². The molecule has 3 rings (SSSR count). The molecule has 3 heterocycles. The number of ether oxygens (including phenoxy) is 1. The maximum Gasteiger partial charge on any atom is 0.258 e. The van der Waals surface area contributed by atoms with Gasteiger partial charge in [0.25, 0.3) is 5.91 Å². The first-order valence-electron chi connectivity index (χ1n) is 7.99. The van der Waals surface area contributed by atoms with Gasteiger partial charge in [0.1, 0.15) is 23.2 Å². The molecule has 0 atom stereocenters. The predicted molar refractivity (Wildman–Crippen MR) is 89.5 cm³/mol. The van der Waals surface area contributed by atoms with Crippen LogP contribution in [0.2, 0.25) is 0 Å². The summed E-state index contributed by atoms with van der Waals surface area (Å²) >= 11 is 0. The van der Waals surface area contributed by atoms with Gasteiger partial charge in [0.05, 0.1) is 5.69 Å². The molecule has 0 unspecified atom stereocenters. The van der Waals surface area contributed by atoms with E-state index in [1.807, 2.05) is 27.7 Å². The zero-order valence-corrected chi connectivity index (χ0v) is 14.7. The van der Waals surface area contributed by atoms with Gasteiger partial charge >= 0.3 is 0 Å². The average Bonchev–Trinajstić information content (AvgIpc) is 3.06. The maximum absolute atomic E-state index is 12.0. The Balaban J connectivity index is 1.56. The van der Waals surface area contributed by atoms with Crippen molar-refractivity contribution in [3.63, 3.8) is 0 Å². The first-order valence-corrected chi connectivity index (χ1v) is 7.99. The van der Waals surface area contributed by atoms with Crippen molar-refractivity contribution in [2.75, 3.05) is 13.2 Å². The molecule has 0 aliphatic rings. The maximum atomic E-state index is 12.0. The van der Waals surface area contributed by atoms with Gasteiger partial charge in [-0.1, -0.05) is 5.16 Å². The van der Waals surface area contributed by atoms with Gasteiger partial charge in [-0.25, -0.2) is 9.97 Å². The van der Waals surface area contributed by atoms with Crippen molar-refractivity contribution >= 4 is 17.0 Å². The lowest BCUT2D eigenvalue weighted by Gasteiger charge is -2.07. The quantitative estimate of drug-likeness (QED) is 0.731. The summed E-state index contributed by atoms with van der Waals surface area (Å²) in [6.07, 6.45) is 2.01. The SMILES string of the molecule is Cc1noc(C)c1CCNC(=O)COc1ncnc2oc(C)c(C)c12. The molecule has 8 heteroatoms. The second kappa shape index (κ2) is 6.92. The molecule has 0 fully saturated rings. The van der Waals surface area contributed by atoms with Crippen LogP contribution in [0, 0.1) is 27.7 Å². The molecule has 8 nitrogen and oxygen atoms in total. The Labute approximate surface area is 144 Å². The first-order chi connectivity index (χ1) is 12.0. The number of carbonyl (C=O) groups excluding carboxylic acids is 1. The third kappa shape index (κ3) is 3.47. The van der Waals surface area contributed by atoms with E-state index in [0.717, 1.165) is 28.3 Å². The number of hydrogen-bond donors (Lipinski definition) is 1. The van der Waals surface area contributed by atoms with Crippen molar-refractivity contribution in [3.05, 3.63) is 34.7 Å². The van der Waals surface area contributed by atoms with E-state index >= 15 is 0 Å². The molecule has 1 amide bonds. The van der Waals surface area contributed by atoms with Crippen molar-refractivity contribution in [1.82, 2.24) is 20.4 Å². The summed E-state index contributed by atoms with van der Waals surface area (Å²) in [7, 11) is 0. The summed E-state index contributed by atoms with van der Waals surface area (Å²) in [6.45, 7) is 7.84. The third-order valence-corrected chi connectivity index (χ3v) is 4.15. The minimum absolute atomic E-state index is 0.128. The number of furan rings is 1. The van der Waals surface area contributed by atoms with Gasteiger partial charge < -0.3 is 19.0 Å². The molecule has 0 spiro atoms. The third-order valence-electron chi connectivity index (χ3n) is 4.15. The standard InChI is InChI=1S/C17H20N4O4/c1-9-11(3)24-17-15(9)16(19-8-20-17)23-7-14(22)18-6-5-13-10(2)21-25-12(13)4/h8H,5-7H2,1-4H3,(H,18,22). The van der Waals surface area contributed by atoms with Gasteiger partial charge in [0.15, 0.2) is 6.61 Å². The Kier molecular flexibility index (Phi) is 4.69. The fourth-order valence-corrected chi connectivity index (χ4v) is 2.63. The predicted octanol–water partition coefficient (Wildman–Crippen LogP) is 2.18. The summed E-state index contributed by atoms with van der Waals surface area (Å²) in [5.41, 5.74) is 3.23. The van der Waals surface area contributed by atoms with Crippen LogP contribution in [0.15, 0.2) is 15.3 Å². The molecule has 1 N–H and O–H groups in total. The summed E-state index contributed by atoms with van der Waals surface area (Å²) < 4.78 is 16.2. The van der Waals surface area contributed by atoms with E-state index in [4.69, 9.17) is 13.7 Å². The molecule has 25 heavy (non-hydrogen) atoms. The van der Waals surface area contributed by atoms with Crippen LogP contribution >= 0.6 is 0 Å². The number of nitrogens with zero attached hydrogens (tertiary/aromatic N) is 3. The largest absolute Gasteiger partial charge is 0.467 e. The fourth-order valence-electron chi connectivity index (χ4n) is 2.63. The number of hydrogen-bond acceptors (Lipinski definition) is 7. The van der Waals surface area contributed by atoms with Gasteiger partial charge in [-0.2, -0.15) is 0 Å². The zero-order chi connectivity index (χ0) is 18.0. The van der Waals surface area contributed by atoms with E-state index in [9.17, 15) is 4.79 Å². The summed E-state index contributed by atoms with van der Waals surface area (Å²) in [6, 6.07) is 0.